The smallest absolute Gasteiger partial charge is 0.133 e. The van der Waals surface area contributed by atoms with Gasteiger partial charge in [-0.2, -0.15) is 5.10 Å². The van der Waals surface area contributed by atoms with Crippen LogP contribution in [0, 0.1) is 18.7 Å². The van der Waals surface area contributed by atoms with E-state index >= 15 is 0 Å². The average molecular weight is 267 g/mol. The topological polar surface area (TPSA) is 17.8 Å². The van der Waals surface area contributed by atoms with Crippen LogP contribution in [-0.2, 0) is 6.42 Å². The summed E-state index contributed by atoms with van der Waals surface area (Å²) in [5.74, 6) is 0.278. The third-order valence-electron chi connectivity index (χ3n) is 2.72. The Labute approximate surface area is 111 Å². The lowest BCUT2D eigenvalue weighted by Crippen LogP contribution is -2.02. The van der Waals surface area contributed by atoms with Gasteiger partial charge in [0.2, 0.25) is 0 Å². The van der Waals surface area contributed by atoms with Gasteiger partial charge in [0.05, 0.1) is 11.4 Å². The van der Waals surface area contributed by atoms with Gasteiger partial charge in [0.15, 0.2) is 0 Å². The van der Waals surface area contributed by atoms with Crippen molar-refractivity contribution in [2.45, 2.75) is 27.2 Å². The number of hydrogen-bond donors (Lipinski definition) is 0. The summed E-state index contributed by atoms with van der Waals surface area (Å²) < 4.78 is 14.7. The molecule has 18 heavy (non-hydrogen) atoms. The van der Waals surface area contributed by atoms with Gasteiger partial charge in [-0.1, -0.05) is 25.4 Å². The van der Waals surface area contributed by atoms with E-state index in [1.54, 1.807) is 10.7 Å². The van der Waals surface area contributed by atoms with Crippen LogP contribution in [0.15, 0.2) is 24.3 Å². The van der Waals surface area contributed by atoms with Gasteiger partial charge in [-0.3, -0.25) is 0 Å². The molecule has 0 saturated carbocycles. The van der Waals surface area contributed by atoms with Crippen LogP contribution in [0.1, 0.15) is 25.1 Å². The fourth-order valence-electron chi connectivity index (χ4n) is 1.95. The first-order valence-electron chi connectivity index (χ1n) is 5.98. The molecule has 0 atom stereocenters. The predicted octanol–water partition coefficient (Wildman–Crippen LogP) is 4.17. The Kier molecular flexibility index (Phi) is 3.71. The van der Waals surface area contributed by atoms with Crippen molar-refractivity contribution in [1.82, 2.24) is 9.78 Å². The molecule has 4 heteroatoms. The molecule has 0 N–H and O–H groups in total. The second-order valence-electron chi connectivity index (χ2n) is 4.90. The molecule has 1 heterocycles. The van der Waals surface area contributed by atoms with Crippen LogP contribution in [0.2, 0.25) is 5.15 Å². The highest BCUT2D eigenvalue weighted by Gasteiger charge is 2.11. The summed E-state index contributed by atoms with van der Waals surface area (Å²) in [5, 5.41) is 5.03. The van der Waals surface area contributed by atoms with Crippen LogP contribution in [-0.4, -0.2) is 9.78 Å². The quantitative estimate of drug-likeness (QED) is 0.815. The molecule has 1 aromatic heterocycles. The van der Waals surface area contributed by atoms with E-state index in [4.69, 9.17) is 11.6 Å². The molecular weight excluding hydrogens is 251 g/mol. The Hall–Kier alpha value is -1.35. The molecule has 0 saturated heterocycles. The first-order chi connectivity index (χ1) is 8.47. The second kappa shape index (κ2) is 5.11. The van der Waals surface area contributed by atoms with E-state index in [-0.39, 0.29) is 5.82 Å². The lowest BCUT2D eigenvalue weighted by atomic mass is 10.1. The molecule has 0 amide bonds. The third kappa shape index (κ3) is 2.72. The summed E-state index contributed by atoms with van der Waals surface area (Å²) in [4.78, 5) is 0. The lowest BCUT2D eigenvalue weighted by Gasteiger charge is -2.07. The fraction of sp³-hybridized carbons (Fsp3) is 0.357. The monoisotopic (exact) mass is 266 g/mol. The van der Waals surface area contributed by atoms with Crippen molar-refractivity contribution >= 4 is 11.6 Å². The Morgan fingerprint density at radius 1 is 1.33 bits per heavy atom. The molecule has 0 spiro atoms. The second-order valence-corrected chi connectivity index (χ2v) is 5.29. The molecule has 2 rings (SSSR count). The number of rotatable bonds is 3. The minimum atomic E-state index is -0.248. The van der Waals surface area contributed by atoms with E-state index in [9.17, 15) is 4.39 Å². The summed E-state index contributed by atoms with van der Waals surface area (Å²) in [5.41, 5.74) is 2.59. The standard InChI is InChI=1S/C14H16ClFN2/c1-9(2)6-12-8-14(15)18(17-12)13-5-4-11(16)7-10(13)3/h4-5,7-9H,6H2,1-3H3. The largest absolute Gasteiger partial charge is 0.222 e. The Morgan fingerprint density at radius 3 is 2.67 bits per heavy atom. The van der Waals surface area contributed by atoms with Gasteiger partial charge in [-0.05, 0) is 49.1 Å². The highest BCUT2D eigenvalue weighted by molar-refractivity contribution is 6.29. The van der Waals surface area contributed by atoms with Crippen molar-refractivity contribution in [1.29, 1.82) is 0 Å². The van der Waals surface area contributed by atoms with Crippen LogP contribution in [0.4, 0.5) is 4.39 Å². The van der Waals surface area contributed by atoms with Crippen molar-refractivity contribution < 1.29 is 4.39 Å². The van der Waals surface area contributed by atoms with Crippen LogP contribution in [0.5, 0.6) is 0 Å². The zero-order chi connectivity index (χ0) is 13.3. The minimum Gasteiger partial charge on any atom is -0.222 e. The van der Waals surface area contributed by atoms with Crippen molar-refractivity contribution in [2.75, 3.05) is 0 Å². The molecule has 0 bridgehead atoms. The SMILES string of the molecule is Cc1cc(F)ccc1-n1nc(CC(C)C)cc1Cl. The molecule has 2 nitrogen and oxygen atoms in total. The third-order valence-corrected chi connectivity index (χ3v) is 2.99. The van der Waals surface area contributed by atoms with Gasteiger partial charge in [-0.25, -0.2) is 9.07 Å². The number of nitrogens with zero attached hydrogens (tertiary/aromatic N) is 2. The fourth-order valence-corrected chi connectivity index (χ4v) is 2.20. The van der Waals surface area contributed by atoms with Crippen LogP contribution >= 0.6 is 11.6 Å². The van der Waals surface area contributed by atoms with Crippen molar-refractivity contribution in [2.24, 2.45) is 5.92 Å². The van der Waals surface area contributed by atoms with E-state index in [1.165, 1.54) is 12.1 Å². The Bertz CT molecular complexity index is 561. The lowest BCUT2D eigenvalue weighted by molar-refractivity contribution is 0.622. The summed E-state index contributed by atoms with van der Waals surface area (Å²) in [7, 11) is 0. The zero-order valence-corrected chi connectivity index (χ0v) is 11.5. The average Bonchev–Trinajstić information content (AvgIpc) is 2.58. The van der Waals surface area contributed by atoms with Crippen molar-refractivity contribution in [3.8, 4) is 5.69 Å². The van der Waals surface area contributed by atoms with Gasteiger partial charge in [-0.15, -0.1) is 0 Å². The molecule has 96 valence electrons. The predicted molar refractivity (Wildman–Crippen MR) is 71.8 cm³/mol. The highest BCUT2D eigenvalue weighted by Crippen LogP contribution is 2.22. The normalized spacial score (nSPS) is 11.2. The zero-order valence-electron chi connectivity index (χ0n) is 10.7. The minimum absolute atomic E-state index is 0.248. The van der Waals surface area contributed by atoms with Crippen molar-refractivity contribution in [3.05, 3.63) is 46.5 Å². The van der Waals surface area contributed by atoms with E-state index in [1.807, 2.05) is 13.0 Å². The highest BCUT2D eigenvalue weighted by atomic mass is 35.5. The summed E-state index contributed by atoms with van der Waals surface area (Å²) in [6.45, 7) is 6.12. The van der Waals surface area contributed by atoms with Gasteiger partial charge < -0.3 is 0 Å². The summed E-state index contributed by atoms with van der Waals surface area (Å²) in [6.07, 6.45) is 0.882. The van der Waals surface area contributed by atoms with Crippen LogP contribution in [0.25, 0.3) is 5.69 Å². The van der Waals surface area contributed by atoms with E-state index in [2.05, 4.69) is 18.9 Å². The van der Waals surface area contributed by atoms with Gasteiger partial charge in [0, 0.05) is 0 Å². The summed E-state index contributed by atoms with van der Waals surface area (Å²) >= 11 is 6.18. The summed E-state index contributed by atoms with van der Waals surface area (Å²) in [6, 6.07) is 6.46. The Morgan fingerprint density at radius 2 is 2.06 bits per heavy atom. The molecule has 0 aliphatic heterocycles. The van der Waals surface area contributed by atoms with E-state index in [0.717, 1.165) is 23.4 Å². The molecule has 0 unspecified atom stereocenters. The molecule has 2 aromatic rings. The van der Waals surface area contributed by atoms with Crippen LogP contribution in [0.3, 0.4) is 0 Å². The molecule has 0 aliphatic carbocycles. The van der Waals surface area contributed by atoms with Gasteiger partial charge in [0.25, 0.3) is 0 Å². The molecule has 1 aromatic carbocycles. The van der Waals surface area contributed by atoms with Gasteiger partial charge in [0.1, 0.15) is 11.0 Å². The van der Waals surface area contributed by atoms with E-state index in [0.29, 0.717) is 11.1 Å². The molecule has 0 radical (unpaired) electrons. The number of benzene rings is 1. The maximum atomic E-state index is 13.1. The first kappa shape index (κ1) is 13.1. The van der Waals surface area contributed by atoms with Crippen molar-refractivity contribution in [3.63, 3.8) is 0 Å². The molecule has 0 fully saturated rings. The molecular formula is C14H16ClFN2. The van der Waals surface area contributed by atoms with E-state index < -0.39 is 0 Å². The number of aryl methyl sites for hydroxylation is 1. The Balaban J connectivity index is 2.41. The maximum Gasteiger partial charge on any atom is 0.133 e. The van der Waals surface area contributed by atoms with Gasteiger partial charge >= 0.3 is 0 Å². The first-order valence-corrected chi connectivity index (χ1v) is 6.36. The number of hydrogen-bond acceptors (Lipinski definition) is 1. The maximum absolute atomic E-state index is 13.1. The number of halogens is 2. The number of aromatic nitrogens is 2. The molecule has 0 aliphatic rings. The van der Waals surface area contributed by atoms with Crippen LogP contribution < -0.4 is 0 Å².